The molecule has 0 aromatic heterocycles. The number of aliphatic carboxylic acids is 1. The smallest absolute Gasteiger partial charge is 0.303 e. The average molecular weight is 692 g/mol. The molecular formula is C40H41N3O8. The van der Waals surface area contributed by atoms with Crippen LogP contribution in [0, 0.1) is 30.6 Å². The van der Waals surface area contributed by atoms with E-state index in [1.807, 2.05) is 55.5 Å². The number of nitrogens with one attached hydrogen (secondary N) is 1. The van der Waals surface area contributed by atoms with Gasteiger partial charge in [-0.15, -0.1) is 0 Å². The van der Waals surface area contributed by atoms with E-state index in [0.29, 0.717) is 36.1 Å². The van der Waals surface area contributed by atoms with Crippen LogP contribution in [0.2, 0.25) is 0 Å². The standard InChI is InChI=1S/C40H41N3O8/c1-23-12-15-26(16-13-23)41-43-37(48)30-22-29-27(17-18-28-34(29)38(49)42(36(28)47)20-8-4-7-11-33(45)46)35(24-14-19-32(51-2)31(44)21-24)40(30,39(43)50)25-9-5-3-6-10-25/h3,5-6,9-10,12-17,19,21,28-30,34-35,41,44H,4,7-8,11,18,20,22H2,1-2H3,(H,45,46). The van der Waals surface area contributed by atoms with Crippen LogP contribution in [-0.2, 0) is 29.4 Å². The molecule has 2 aliphatic carbocycles. The Labute approximate surface area is 295 Å². The number of hydrazine groups is 1. The van der Waals surface area contributed by atoms with Gasteiger partial charge in [0.25, 0.3) is 11.8 Å². The molecule has 11 nitrogen and oxygen atoms in total. The number of carbonyl (C=O) groups is 5. The van der Waals surface area contributed by atoms with Crippen LogP contribution >= 0.6 is 0 Å². The lowest BCUT2D eigenvalue weighted by Gasteiger charge is -2.50. The molecule has 6 unspecified atom stereocenters. The summed E-state index contributed by atoms with van der Waals surface area (Å²) in [5, 5.41) is 21.2. The van der Waals surface area contributed by atoms with Crippen LogP contribution in [0.4, 0.5) is 5.69 Å². The number of aryl methyl sites for hydroxylation is 1. The van der Waals surface area contributed by atoms with E-state index in [9.17, 15) is 24.3 Å². The highest BCUT2D eigenvalue weighted by atomic mass is 16.5. The molecule has 4 aliphatic rings. The topological polar surface area (TPSA) is 154 Å². The van der Waals surface area contributed by atoms with Crippen LogP contribution in [0.25, 0.3) is 0 Å². The number of amides is 4. The molecule has 6 atom stereocenters. The van der Waals surface area contributed by atoms with E-state index in [1.54, 1.807) is 30.3 Å². The van der Waals surface area contributed by atoms with Gasteiger partial charge in [-0.05, 0) is 73.9 Å². The fraction of sp³-hybridized carbons (Fsp3) is 0.375. The van der Waals surface area contributed by atoms with Crippen molar-refractivity contribution in [3.63, 3.8) is 0 Å². The van der Waals surface area contributed by atoms with Gasteiger partial charge >= 0.3 is 5.97 Å². The fourth-order valence-electron chi connectivity index (χ4n) is 9.02. The molecule has 264 valence electrons. The molecular weight excluding hydrogens is 650 g/mol. The van der Waals surface area contributed by atoms with Crippen molar-refractivity contribution in [2.24, 2.45) is 23.7 Å². The largest absolute Gasteiger partial charge is 0.504 e. The molecule has 1 saturated carbocycles. The summed E-state index contributed by atoms with van der Waals surface area (Å²) in [4.78, 5) is 70.2. The van der Waals surface area contributed by atoms with Crippen molar-refractivity contribution in [3.05, 3.63) is 101 Å². The maximum atomic E-state index is 15.2. The number of carbonyl (C=O) groups excluding carboxylic acids is 4. The van der Waals surface area contributed by atoms with Crippen molar-refractivity contribution in [2.45, 2.75) is 56.8 Å². The zero-order chi connectivity index (χ0) is 36.0. The third kappa shape index (κ3) is 5.55. The summed E-state index contributed by atoms with van der Waals surface area (Å²) in [6.45, 7) is 2.15. The summed E-state index contributed by atoms with van der Waals surface area (Å²) < 4.78 is 5.35. The zero-order valence-corrected chi connectivity index (χ0v) is 28.6. The van der Waals surface area contributed by atoms with Gasteiger partial charge in [-0.1, -0.05) is 72.2 Å². The van der Waals surface area contributed by atoms with Crippen molar-refractivity contribution < 1.29 is 38.9 Å². The maximum absolute atomic E-state index is 15.2. The number of ether oxygens (including phenoxy) is 1. The minimum atomic E-state index is -1.44. The predicted octanol–water partition coefficient (Wildman–Crippen LogP) is 5.34. The molecule has 7 rings (SSSR count). The number of phenolic OH excluding ortho intramolecular Hbond substituents is 1. The molecule has 2 saturated heterocycles. The van der Waals surface area contributed by atoms with Crippen molar-refractivity contribution >= 4 is 35.3 Å². The highest BCUT2D eigenvalue weighted by Crippen LogP contribution is 2.64. The third-order valence-corrected chi connectivity index (χ3v) is 11.3. The lowest BCUT2D eigenvalue weighted by molar-refractivity contribution is -0.141. The SMILES string of the molecule is COc1ccc(C2C3=CCC4C(=O)N(CCCCCC(=O)O)C(=O)C4C3CC3C(=O)N(Nc4ccc(C)cc4)C(=O)C32c2ccccc2)cc1O. The molecule has 11 heteroatoms. The van der Waals surface area contributed by atoms with Gasteiger partial charge in [0, 0.05) is 18.9 Å². The van der Waals surface area contributed by atoms with Gasteiger partial charge in [0.05, 0.1) is 36.0 Å². The number of aromatic hydroxyl groups is 1. The van der Waals surface area contributed by atoms with Crippen LogP contribution in [0.1, 0.15) is 61.1 Å². The number of anilines is 1. The molecule has 3 N–H and O–H groups in total. The van der Waals surface area contributed by atoms with Gasteiger partial charge in [0.1, 0.15) is 0 Å². The summed E-state index contributed by atoms with van der Waals surface area (Å²) in [6, 6.07) is 21.6. The summed E-state index contributed by atoms with van der Waals surface area (Å²) in [6.07, 6.45) is 3.98. The van der Waals surface area contributed by atoms with Crippen LogP contribution in [-0.4, -0.2) is 63.4 Å². The molecule has 0 bridgehead atoms. The van der Waals surface area contributed by atoms with E-state index in [-0.39, 0.29) is 49.1 Å². The molecule has 0 spiro atoms. The Hall–Kier alpha value is -5.45. The van der Waals surface area contributed by atoms with Crippen molar-refractivity contribution in [2.75, 3.05) is 19.1 Å². The first-order chi connectivity index (χ1) is 24.6. The number of fused-ring (bicyclic) bond motifs is 4. The zero-order valence-electron chi connectivity index (χ0n) is 28.6. The number of hydrogen-bond donors (Lipinski definition) is 3. The molecule has 3 aromatic carbocycles. The minimum absolute atomic E-state index is 0.0257. The highest BCUT2D eigenvalue weighted by molar-refractivity contribution is 6.13. The van der Waals surface area contributed by atoms with Crippen molar-refractivity contribution in [1.82, 2.24) is 9.91 Å². The van der Waals surface area contributed by atoms with Gasteiger partial charge in [-0.3, -0.25) is 34.3 Å². The van der Waals surface area contributed by atoms with Gasteiger partial charge < -0.3 is 14.9 Å². The first-order valence-electron chi connectivity index (χ1n) is 17.5. The monoisotopic (exact) mass is 691 g/mol. The predicted molar refractivity (Wildman–Crippen MR) is 186 cm³/mol. The number of carboxylic acids is 1. The number of allylic oxidation sites excluding steroid dienone is 2. The van der Waals surface area contributed by atoms with Crippen LogP contribution in [0.15, 0.2) is 84.4 Å². The van der Waals surface area contributed by atoms with Gasteiger partial charge in [-0.25, -0.2) is 0 Å². The van der Waals surface area contributed by atoms with Gasteiger partial charge in [-0.2, -0.15) is 5.01 Å². The third-order valence-electron chi connectivity index (χ3n) is 11.3. The number of benzene rings is 3. The number of methoxy groups -OCH3 is 1. The lowest BCUT2D eigenvalue weighted by Crippen LogP contribution is -2.53. The summed E-state index contributed by atoms with van der Waals surface area (Å²) in [5.41, 5.74) is 5.25. The maximum Gasteiger partial charge on any atom is 0.303 e. The van der Waals surface area contributed by atoms with E-state index in [2.05, 4.69) is 5.43 Å². The van der Waals surface area contributed by atoms with Crippen molar-refractivity contribution in [3.8, 4) is 11.5 Å². The molecule has 0 radical (unpaired) electrons. The second-order valence-corrected chi connectivity index (χ2v) is 14.1. The summed E-state index contributed by atoms with van der Waals surface area (Å²) >= 11 is 0. The Kier molecular flexibility index (Phi) is 8.91. The van der Waals surface area contributed by atoms with E-state index in [0.717, 1.165) is 16.1 Å². The Morgan fingerprint density at radius 2 is 1.67 bits per heavy atom. The molecule has 3 aromatic rings. The fourth-order valence-corrected chi connectivity index (χ4v) is 9.02. The molecule has 4 amide bonds. The molecule has 3 fully saturated rings. The van der Waals surface area contributed by atoms with Crippen LogP contribution in [0.5, 0.6) is 11.5 Å². The van der Waals surface area contributed by atoms with Gasteiger partial charge in [0.15, 0.2) is 11.5 Å². The Morgan fingerprint density at radius 1 is 0.922 bits per heavy atom. The van der Waals surface area contributed by atoms with E-state index >= 15 is 4.79 Å². The lowest BCUT2D eigenvalue weighted by atomic mass is 9.49. The summed E-state index contributed by atoms with van der Waals surface area (Å²) in [7, 11) is 1.45. The van der Waals surface area contributed by atoms with Gasteiger partial charge in [0.2, 0.25) is 11.8 Å². The minimum Gasteiger partial charge on any atom is -0.504 e. The van der Waals surface area contributed by atoms with Crippen molar-refractivity contribution in [1.29, 1.82) is 0 Å². The number of carboxylic acid groups (broad SMARTS) is 1. The Morgan fingerprint density at radius 3 is 2.35 bits per heavy atom. The number of unbranched alkanes of at least 4 members (excludes halogenated alkanes) is 2. The van der Waals surface area contributed by atoms with E-state index in [1.165, 1.54) is 12.0 Å². The van der Waals surface area contributed by atoms with E-state index in [4.69, 9.17) is 9.84 Å². The second-order valence-electron chi connectivity index (χ2n) is 14.1. The molecule has 51 heavy (non-hydrogen) atoms. The number of phenols is 1. The number of rotatable bonds is 11. The second kappa shape index (κ2) is 13.4. The molecule has 2 aliphatic heterocycles. The first-order valence-corrected chi connectivity index (χ1v) is 17.5. The van der Waals surface area contributed by atoms with Crippen LogP contribution in [0.3, 0.4) is 0 Å². The van der Waals surface area contributed by atoms with Crippen LogP contribution < -0.4 is 10.2 Å². The number of hydrogen-bond acceptors (Lipinski definition) is 8. The average Bonchev–Trinajstić information content (AvgIpc) is 3.49. The quantitative estimate of drug-likeness (QED) is 0.137. The van der Waals surface area contributed by atoms with E-state index < -0.39 is 52.8 Å². The number of imide groups is 2. The highest BCUT2D eigenvalue weighted by Gasteiger charge is 2.70. The number of nitrogens with zero attached hydrogens (tertiary/aromatic N) is 2. The Balaban J connectivity index is 1.34. The number of likely N-dealkylation sites (tertiary alicyclic amines) is 1. The summed E-state index contributed by atoms with van der Waals surface area (Å²) in [5.74, 6) is -5.71. The normalized spacial score (nSPS) is 26.8. The Bertz CT molecular complexity index is 1930. The molecule has 2 heterocycles. The first kappa shape index (κ1) is 34.0.